The summed E-state index contributed by atoms with van der Waals surface area (Å²) in [7, 11) is 2.15. The van der Waals surface area contributed by atoms with Crippen molar-refractivity contribution >= 4 is 11.3 Å². The van der Waals surface area contributed by atoms with Crippen LogP contribution in [0.5, 0.6) is 0 Å². The highest BCUT2D eigenvalue weighted by Gasteiger charge is 2.07. The Balaban J connectivity index is 2.21. The van der Waals surface area contributed by atoms with E-state index in [4.69, 9.17) is 0 Å². The molecule has 1 rings (SSSR count). The van der Waals surface area contributed by atoms with Crippen LogP contribution in [0.15, 0.2) is 11.6 Å². The lowest BCUT2D eigenvalue weighted by Gasteiger charge is -2.22. The molecule has 0 fully saturated rings. The lowest BCUT2D eigenvalue weighted by molar-refractivity contribution is 0.270. The molecule has 86 valence electrons. The van der Waals surface area contributed by atoms with Gasteiger partial charge in [-0.1, -0.05) is 0 Å². The third-order valence-electron chi connectivity index (χ3n) is 2.62. The van der Waals surface area contributed by atoms with Crippen LogP contribution in [0, 0.1) is 0 Å². The van der Waals surface area contributed by atoms with Crippen molar-refractivity contribution in [3.63, 3.8) is 0 Å². The van der Waals surface area contributed by atoms with Crippen LogP contribution in [0.25, 0.3) is 0 Å². The molecule has 1 N–H and O–H groups in total. The van der Waals surface area contributed by atoms with E-state index in [0.29, 0.717) is 12.1 Å². The fraction of sp³-hybridized carbons (Fsp3) is 0.727. The molecular formula is C11H21N3S. The van der Waals surface area contributed by atoms with Gasteiger partial charge in [0.1, 0.15) is 5.01 Å². The van der Waals surface area contributed by atoms with Crippen LogP contribution in [0.2, 0.25) is 0 Å². The van der Waals surface area contributed by atoms with Crippen LogP contribution in [0.1, 0.15) is 31.8 Å². The molecule has 0 aliphatic rings. The highest BCUT2D eigenvalue weighted by atomic mass is 32.1. The quantitative estimate of drug-likeness (QED) is 0.807. The Morgan fingerprint density at radius 3 is 2.73 bits per heavy atom. The van der Waals surface area contributed by atoms with Crippen LogP contribution < -0.4 is 5.32 Å². The maximum Gasteiger partial charge on any atom is 0.109 e. The summed E-state index contributed by atoms with van der Waals surface area (Å²) in [5.74, 6) is 0. The van der Waals surface area contributed by atoms with Crippen molar-refractivity contribution in [2.45, 2.75) is 32.9 Å². The van der Waals surface area contributed by atoms with Crippen LogP contribution in [0.4, 0.5) is 0 Å². The molecule has 0 radical (unpaired) electrons. The van der Waals surface area contributed by atoms with Crippen LogP contribution in [-0.4, -0.2) is 36.1 Å². The Bertz CT molecular complexity index is 259. The Hall–Kier alpha value is -0.450. The Labute approximate surface area is 96.5 Å². The molecule has 0 amide bonds. The number of hydrogen-bond donors (Lipinski definition) is 1. The molecule has 1 unspecified atom stereocenters. The monoisotopic (exact) mass is 227 g/mol. The number of hydrogen-bond acceptors (Lipinski definition) is 4. The lowest BCUT2D eigenvalue weighted by atomic mass is 10.3. The van der Waals surface area contributed by atoms with Crippen molar-refractivity contribution in [2.75, 3.05) is 20.1 Å². The van der Waals surface area contributed by atoms with Gasteiger partial charge in [0.25, 0.3) is 0 Å². The lowest BCUT2D eigenvalue weighted by Crippen LogP contribution is -2.34. The van der Waals surface area contributed by atoms with Gasteiger partial charge in [0.05, 0.1) is 6.04 Å². The highest BCUT2D eigenvalue weighted by Crippen LogP contribution is 2.13. The van der Waals surface area contributed by atoms with Crippen molar-refractivity contribution in [1.82, 2.24) is 15.2 Å². The maximum absolute atomic E-state index is 4.29. The van der Waals surface area contributed by atoms with Gasteiger partial charge in [-0.05, 0) is 27.8 Å². The minimum absolute atomic E-state index is 0.366. The fourth-order valence-electron chi connectivity index (χ4n) is 1.25. The van der Waals surface area contributed by atoms with Crippen molar-refractivity contribution < 1.29 is 0 Å². The molecule has 0 aromatic carbocycles. The molecule has 3 nitrogen and oxygen atoms in total. The number of likely N-dealkylation sites (N-methyl/N-ethyl adjacent to an activating group) is 1. The summed E-state index contributed by atoms with van der Waals surface area (Å²) in [5, 5.41) is 6.67. The van der Waals surface area contributed by atoms with E-state index in [1.54, 1.807) is 11.3 Å². The first kappa shape index (κ1) is 12.6. The fourth-order valence-corrected chi connectivity index (χ4v) is 1.92. The third-order valence-corrected chi connectivity index (χ3v) is 3.58. The summed E-state index contributed by atoms with van der Waals surface area (Å²) in [5.41, 5.74) is 0. The Morgan fingerprint density at radius 2 is 2.20 bits per heavy atom. The number of thiazole rings is 1. The number of nitrogens with one attached hydrogen (secondary N) is 1. The van der Waals surface area contributed by atoms with Gasteiger partial charge < -0.3 is 10.2 Å². The number of rotatable bonds is 6. The van der Waals surface area contributed by atoms with Crippen LogP contribution in [0.3, 0.4) is 0 Å². The molecule has 1 aromatic rings. The van der Waals surface area contributed by atoms with E-state index in [1.807, 2.05) is 11.6 Å². The van der Waals surface area contributed by atoms with Gasteiger partial charge in [0, 0.05) is 30.7 Å². The van der Waals surface area contributed by atoms with Crippen molar-refractivity contribution in [3.05, 3.63) is 16.6 Å². The molecule has 4 heteroatoms. The van der Waals surface area contributed by atoms with Crippen molar-refractivity contribution in [1.29, 1.82) is 0 Å². The Morgan fingerprint density at radius 1 is 1.47 bits per heavy atom. The average Bonchev–Trinajstić information content (AvgIpc) is 2.70. The SMILES string of the molecule is CC(NCCN(C)C(C)C)c1nccs1. The zero-order valence-corrected chi connectivity index (χ0v) is 10.8. The highest BCUT2D eigenvalue weighted by molar-refractivity contribution is 7.09. The summed E-state index contributed by atoms with van der Waals surface area (Å²) in [6.07, 6.45) is 1.86. The molecule has 0 saturated carbocycles. The van der Waals surface area contributed by atoms with E-state index < -0.39 is 0 Å². The standard InChI is InChI=1S/C11H21N3S/c1-9(2)14(4)7-5-12-10(3)11-13-6-8-15-11/h6,8-10,12H,5,7H2,1-4H3. The first-order chi connectivity index (χ1) is 7.11. The van der Waals surface area contributed by atoms with E-state index in [1.165, 1.54) is 5.01 Å². The smallest absolute Gasteiger partial charge is 0.109 e. The summed E-state index contributed by atoms with van der Waals surface area (Å²) in [4.78, 5) is 6.63. The summed E-state index contributed by atoms with van der Waals surface area (Å²) in [6.45, 7) is 8.67. The minimum atomic E-state index is 0.366. The molecular weight excluding hydrogens is 206 g/mol. The molecule has 0 bridgehead atoms. The predicted octanol–water partition coefficient (Wildman–Crippen LogP) is 2.13. The molecule has 1 atom stereocenters. The second-order valence-corrected chi connectivity index (χ2v) is 5.05. The summed E-state index contributed by atoms with van der Waals surface area (Å²) < 4.78 is 0. The van der Waals surface area contributed by atoms with Crippen molar-refractivity contribution in [2.24, 2.45) is 0 Å². The first-order valence-corrected chi connectivity index (χ1v) is 6.32. The summed E-state index contributed by atoms with van der Waals surface area (Å²) >= 11 is 1.71. The van der Waals surface area contributed by atoms with Gasteiger partial charge >= 0.3 is 0 Å². The molecule has 1 aromatic heterocycles. The molecule has 1 heterocycles. The maximum atomic E-state index is 4.29. The topological polar surface area (TPSA) is 28.2 Å². The van der Waals surface area contributed by atoms with Gasteiger partial charge in [-0.2, -0.15) is 0 Å². The molecule has 0 spiro atoms. The zero-order valence-electron chi connectivity index (χ0n) is 10.0. The zero-order chi connectivity index (χ0) is 11.3. The minimum Gasteiger partial charge on any atom is -0.307 e. The van der Waals surface area contributed by atoms with E-state index in [2.05, 4.69) is 43.0 Å². The van der Waals surface area contributed by atoms with Gasteiger partial charge in [-0.15, -0.1) is 11.3 Å². The van der Waals surface area contributed by atoms with Crippen LogP contribution >= 0.6 is 11.3 Å². The molecule has 15 heavy (non-hydrogen) atoms. The van der Waals surface area contributed by atoms with E-state index in [9.17, 15) is 0 Å². The van der Waals surface area contributed by atoms with Crippen LogP contribution in [-0.2, 0) is 0 Å². The van der Waals surface area contributed by atoms with Gasteiger partial charge in [0.15, 0.2) is 0 Å². The molecule has 0 aliphatic carbocycles. The first-order valence-electron chi connectivity index (χ1n) is 5.44. The van der Waals surface area contributed by atoms with Gasteiger partial charge in [0.2, 0.25) is 0 Å². The normalized spacial score (nSPS) is 13.7. The molecule has 0 saturated heterocycles. The second-order valence-electron chi connectivity index (χ2n) is 4.12. The second kappa shape index (κ2) is 6.20. The number of aromatic nitrogens is 1. The van der Waals surface area contributed by atoms with Crippen molar-refractivity contribution in [3.8, 4) is 0 Å². The largest absolute Gasteiger partial charge is 0.307 e. The average molecular weight is 227 g/mol. The third kappa shape index (κ3) is 4.28. The van der Waals surface area contributed by atoms with E-state index in [0.717, 1.165) is 13.1 Å². The van der Waals surface area contributed by atoms with E-state index >= 15 is 0 Å². The summed E-state index contributed by atoms with van der Waals surface area (Å²) in [6, 6.07) is 0.979. The van der Waals surface area contributed by atoms with E-state index in [-0.39, 0.29) is 0 Å². The molecule has 0 aliphatic heterocycles. The number of nitrogens with zero attached hydrogens (tertiary/aromatic N) is 2. The van der Waals surface area contributed by atoms with Gasteiger partial charge in [-0.25, -0.2) is 4.98 Å². The van der Waals surface area contributed by atoms with Gasteiger partial charge in [-0.3, -0.25) is 0 Å². The predicted molar refractivity (Wildman–Crippen MR) is 66.3 cm³/mol. The Kier molecular flexibility index (Phi) is 5.22.